The molecule has 2 rings (SSSR count). The molecule has 0 bridgehead atoms. The van der Waals surface area contributed by atoms with Crippen LogP contribution in [0.15, 0.2) is 47.5 Å². The van der Waals surface area contributed by atoms with Gasteiger partial charge in [-0.1, -0.05) is 42.5 Å². The van der Waals surface area contributed by atoms with E-state index in [1.54, 1.807) is 6.21 Å². The summed E-state index contributed by atoms with van der Waals surface area (Å²) in [6, 6.07) is 14.0. The van der Waals surface area contributed by atoms with Gasteiger partial charge in [0.1, 0.15) is 0 Å². The highest BCUT2D eigenvalue weighted by molar-refractivity contribution is 6.02. The third-order valence-electron chi connectivity index (χ3n) is 2.17. The number of fused-ring (bicyclic) bond motifs is 1. The molecule has 0 aliphatic rings. The highest BCUT2D eigenvalue weighted by Gasteiger charge is 1.96. The number of aliphatic imine (C=N–C) groups is 1. The van der Waals surface area contributed by atoms with Gasteiger partial charge in [0.15, 0.2) is 0 Å². The van der Waals surface area contributed by atoms with E-state index >= 15 is 0 Å². The number of rotatable bonds is 1. The Morgan fingerprint density at radius 2 is 1.87 bits per heavy atom. The highest BCUT2D eigenvalue weighted by atomic mass is 15.0. The Balaban J connectivity index is 2.56. The Morgan fingerprint density at radius 1 is 1.13 bits per heavy atom. The van der Waals surface area contributed by atoms with E-state index in [0.29, 0.717) is 0 Å². The van der Waals surface area contributed by atoms with Gasteiger partial charge in [-0.15, -0.1) is 0 Å². The maximum absolute atomic E-state index is 7.03. The van der Waals surface area contributed by atoms with Crippen molar-refractivity contribution in [3.63, 3.8) is 0 Å². The lowest BCUT2D eigenvalue weighted by atomic mass is 10.1. The predicted molar refractivity (Wildman–Crippen MR) is 63.5 cm³/mol. The summed E-state index contributed by atoms with van der Waals surface area (Å²) in [4.78, 5) is 3.78. The van der Waals surface area contributed by atoms with Gasteiger partial charge in [0, 0.05) is 11.8 Å². The van der Waals surface area contributed by atoms with Gasteiger partial charge in [-0.3, -0.25) is 5.41 Å². The molecular formula is C12H11N3. The molecule has 0 unspecified atom stereocenters. The lowest BCUT2D eigenvalue weighted by Gasteiger charge is -2.00. The topological polar surface area (TPSA) is 62.2 Å². The summed E-state index contributed by atoms with van der Waals surface area (Å²) >= 11 is 0. The van der Waals surface area contributed by atoms with Crippen LogP contribution in [0.5, 0.6) is 0 Å². The normalized spacial score (nSPS) is 10.9. The molecule has 0 heterocycles. The average Bonchev–Trinajstić information content (AvgIpc) is 2.26. The van der Waals surface area contributed by atoms with Crippen molar-refractivity contribution in [1.82, 2.24) is 0 Å². The molecule has 0 radical (unpaired) electrons. The Bertz CT molecular complexity index is 524. The summed E-state index contributed by atoms with van der Waals surface area (Å²) in [6.45, 7) is 0. The number of guanidine groups is 1. The highest BCUT2D eigenvalue weighted by Crippen LogP contribution is 2.16. The number of benzene rings is 2. The molecule has 74 valence electrons. The van der Waals surface area contributed by atoms with Crippen LogP contribution in [0.2, 0.25) is 0 Å². The third kappa shape index (κ3) is 2.02. The first-order chi connectivity index (χ1) is 7.27. The second-order valence-corrected chi connectivity index (χ2v) is 3.21. The van der Waals surface area contributed by atoms with Crippen molar-refractivity contribution < 1.29 is 0 Å². The molecule has 0 saturated carbocycles. The number of hydrogen-bond donors (Lipinski definition) is 2. The Hall–Kier alpha value is -2.16. The monoisotopic (exact) mass is 197 g/mol. The fourth-order valence-electron chi connectivity index (χ4n) is 1.50. The van der Waals surface area contributed by atoms with Crippen LogP contribution in [0.4, 0.5) is 0 Å². The first-order valence-electron chi connectivity index (χ1n) is 4.63. The van der Waals surface area contributed by atoms with E-state index in [2.05, 4.69) is 4.99 Å². The molecule has 2 aromatic rings. The smallest absolute Gasteiger partial charge is 0.212 e. The first-order valence-corrected chi connectivity index (χ1v) is 4.63. The largest absolute Gasteiger partial charge is 0.368 e. The molecular weight excluding hydrogens is 186 g/mol. The second-order valence-electron chi connectivity index (χ2n) is 3.21. The molecule has 0 amide bonds. The van der Waals surface area contributed by atoms with Crippen molar-refractivity contribution in [2.24, 2.45) is 10.7 Å². The van der Waals surface area contributed by atoms with E-state index in [-0.39, 0.29) is 5.96 Å². The van der Waals surface area contributed by atoms with Crippen molar-refractivity contribution in [2.45, 2.75) is 0 Å². The van der Waals surface area contributed by atoms with Crippen LogP contribution in [0.3, 0.4) is 0 Å². The fourth-order valence-corrected chi connectivity index (χ4v) is 1.50. The lowest BCUT2D eigenvalue weighted by molar-refractivity contribution is 1.38. The van der Waals surface area contributed by atoms with Crippen LogP contribution in [-0.2, 0) is 0 Å². The van der Waals surface area contributed by atoms with Crippen LogP contribution in [0.25, 0.3) is 10.8 Å². The molecule has 3 N–H and O–H groups in total. The SMILES string of the molecule is N=C(N)N=Cc1cccc2ccccc12. The molecule has 15 heavy (non-hydrogen) atoms. The van der Waals surface area contributed by atoms with Crippen LogP contribution >= 0.6 is 0 Å². The van der Waals surface area contributed by atoms with Gasteiger partial charge in [-0.05, 0) is 10.8 Å². The lowest BCUT2D eigenvalue weighted by Crippen LogP contribution is -2.05. The molecule has 0 aliphatic carbocycles. The van der Waals surface area contributed by atoms with E-state index in [0.717, 1.165) is 16.3 Å². The van der Waals surface area contributed by atoms with Crippen LogP contribution < -0.4 is 5.73 Å². The molecule has 0 fully saturated rings. The Labute approximate surface area is 87.8 Å². The van der Waals surface area contributed by atoms with Gasteiger partial charge in [-0.25, -0.2) is 4.99 Å². The van der Waals surface area contributed by atoms with Gasteiger partial charge < -0.3 is 5.73 Å². The standard InChI is InChI=1S/C12H11N3/c13-12(14)15-8-10-6-3-5-9-4-1-2-7-11(9)10/h1-8H,(H3,13,14). The fraction of sp³-hybridized carbons (Fsp3) is 0. The van der Waals surface area contributed by atoms with Gasteiger partial charge in [-0.2, -0.15) is 0 Å². The minimum Gasteiger partial charge on any atom is -0.368 e. The van der Waals surface area contributed by atoms with Crippen molar-refractivity contribution in [3.8, 4) is 0 Å². The van der Waals surface area contributed by atoms with Gasteiger partial charge in [0.05, 0.1) is 0 Å². The minimum atomic E-state index is -0.178. The quantitative estimate of drug-likeness (QED) is 0.534. The summed E-state index contributed by atoms with van der Waals surface area (Å²) in [7, 11) is 0. The van der Waals surface area contributed by atoms with Crippen molar-refractivity contribution in [1.29, 1.82) is 5.41 Å². The predicted octanol–water partition coefficient (Wildman–Crippen LogP) is 2.15. The molecule has 3 nitrogen and oxygen atoms in total. The maximum Gasteiger partial charge on any atom is 0.212 e. The van der Waals surface area contributed by atoms with Crippen molar-refractivity contribution in [3.05, 3.63) is 48.0 Å². The molecule has 0 spiro atoms. The summed E-state index contributed by atoms with van der Waals surface area (Å²) in [6.07, 6.45) is 1.62. The minimum absolute atomic E-state index is 0.178. The van der Waals surface area contributed by atoms with Gasteiger partial charge in [0.25, 0.3) is 0 Å². The number of nitrogens with zero attached hydrogens (tertiary/aromatic N) is 1. The number of hydrogen-bond acceptors (Lipinski definition) is 1. The summed E-state index contributed by atoms with van der Waals surface area (Å²) in [5.41, 5.74) is 6.15. The van der Waals surface area contributed by atoms with E-state index < -0.39 is 0 Å². The summed E-state index contributed by atoms with van der Waals surface area (Å²) in [5.74, 6) is -0.178. The maximum atomic E-state index is 7.03. The summed E-state index contributed by atoms with van der Waals surface area (Å²) < 4.78 is 0. The summed E-state index contributed by atoms with van der Waals surface area (Å²) in [5, 5.41) is 9.30. The van der Waals surface area contributed by atoms with E-state index in [9.17, 15) is 0 Å². The van der Waals surface area contributed by atoms with Crippen molar-refractivity contribution in [2.75, 3.05) is 0 Å². The van der Waals surface area contributed by atoms with Gasteiger partial charge >= 0.3 is 0 Å². The van der Waals surface area contributed by atoms with Crippen molar-refractivity contribution >= 4 is 22.9 Å². The zero-order chi connectivity index (χ0) is 10.7. The third-order valence-corrected chi connectivity index (χ3v) is 2.17. The molecule has 0 aliphatic heterocycles. The van der Waals surface area contributed by atoms with E-state index in [4.69, 9.17) is 11.1 Å². The molecule has 0 atom stereocenters. The molecule has 0 aromatic heterocycles. The number of nitrogens with two attached hydrogens (primary N) is 1. The Kier molecular flexibility index (Phi) is 2.46. The molecule has 0 saturated heterocycles. The number of nitrogens with one attached hydrogen (secondary N) is 1. The molecule has 3 heteroatoms. The molecule has 2 aromatic carbocycles. The first kappa shape index (κ1) is 9.40. The zero-order valence-electron chi connectivity index (χ0n) is 8.14. The van der Waals surface area contributed by atoms with Crippen LogP contribution in [0, 0.1) is 5.41 Å². The van der Waals surface area contributed by atoms with Gasteiger partial charge in [0.2, 0.25) is 5.96 Å². The van der Waals surface area contributed by atoms with Crippen LogP contribution in [-0.4, -0.2) is 12.2 Å². The van der Waals surface area contributed by atoms with Crippen LogP contribution in [0.1, 0.15) is 5.56 Å². The zero-order valence-corrected chi connectivity index (χ0v) is 8.14. The van der Waals surface area contributed by atoms with E-state index in [1.165, 1.54) is 0 Å². The average molecular weight is 197 g/mol. The van der Waals surface area contributed by atoms with E-state index in [1.807, 2.05) is 42.5 Å². The Morgan fingerprint density at radius 3 is 2.67 bits per heavy atom. The second kappa shape index (κ2) is 3.92.